The number of likely N-dealkylation sites (tertiary alicyclic amines) is 1. The van der Waals surface area contributed by atoms with Gasteiger partial charge in [-0.2, -0.15) is 0 Å². The quantitative estimate of drug-likeness (QED) is 0.898. The van der Waals surface area contributed by atoms with Crippen LogP contribution < -0.4 is 5.32 Å². The molecule has 0 aromatic carbocycles. The molecule has 2 rings (SSSR count). The Morgan fingerprint density at radius 2 is 2.45 bits per heavy atom. The van der Waals surface area contributed by atoms with E-state index in [4.69, 9.17) is 0 Å². The maximum absolute atomic E-state index is 12.2. The van der Waals surface area contributed by atoms with Crippen molar-refractivity contribution in [3.8, 4) is 0 Å². The van der Waals surface area contributed by atoms with Gasteiger partial charge in [-0.3, -0.25) is 5.32 Å². The van der Waals surface area contributed by atoms with Gasteiger partial charge in [-0.25, -0.2) is 9.78 Å². The van der Waals surface area contributed by atoms with Crippen LogP contribution >= 0.6 is 11.3 Å². The van der Waals surface area contributed by atoms with Crippen molar-refractivity contribution in [3.05, 3.63) is 11.1 Å². The van der Waals surface area contributed by atoms with Gasteiger partial charge in [0.05, 0.1) is 12.3 Å². The van der Waals surface area contributed by atoms with Crippen molar-refractivity contribution in [2.24, 2.45) is 5.41 Å². The van der Waals surface area contributed by atoms with Gasteiger partial charge in [-0.1, -0.05) is 20.3 Å². The fourth-order valence-electron chi connectivity index (χ4n) is 2.52. The molecule has 2 amide bonds. The summed E-state index contributed by atoms with van der Waals surface area (Å²) in [6.45, 7) is 5.60. The molecule has 0 spiro atoms. The number of aromatic nitrogens is 1. The number of urea groups is 1. The first-order valence-corrected chi connectivity index (χ1v) is 8.05. The van der Waals surface area contributed by atoms with Gasteiger partial charge in [0, 0.05) is 23.9 Å². The Bertz CT molecular complexity index is 463. The summed E-state index contributed by atoms with van der Waals surface area (Å²) in [6.07, 6.45) is 3.89. The molecule has 1 aromatic heterocycles. The number of nitrogens with zero attached hydrogens (tertiary/aromatic N) is 2. The second kappa shape index (κ2) is 6.54. The van der Waals surface area contributed by atoms with E-state index in [1.54, 1.807) is 4.90 Å². The third kappa shape index (κ3) is 3.70. The minimum absolute atomic E-state index is 0.109. The number of piperidine rings is 1. The minimum Gasteiger partial charge on any atom is -0.396 e. The number of rotatable bonds is 4. The first kappa shape index (κ1) is 15.3. The lowest BCUT2D eigenvalue weighted by Gasteiger charge is -2.39. The highest BCUT2D eigenvalue weighted by molar-refractivity contribution is 7.13. The second-order valence-electron chi connectivity index (χ2n) is 5.82. The first-order chi connectivity index (χ1) is 9.56. The Labute approximate surface area is 124 Å². The summed E-state index contributed by atoms with van der Waals surface area (Å²) >= 11 is 1.47. The van der Waals surface area contributed by atoms with E-state index in [-0.39, 0.29) is 18.1 Å². The van der Waals surface area contributed by atoms with E-state index in [1.807, 2.05) is 12.3 Å². The van der Waals surface area contributed by atoms with Crippen LogP contribution in [0.1, 0.15) is 38.8 Å². The summed E-state index contributed by atoms with van der Waals surface area (Å²) in [5.74, 6) is 0. The number of thiazole rings is 1. The molecule has 1 aliphatic rings. The average molecular weight is 297 g/mol. The van der Waals surface area contributed by atoms with E-state index >= 15 is 0 Å². The fraction of sp³-hybridized carbons (Fsp3) is 0.714. The maximum Gasteiger partial charge on any atom is 0.323 e. The average Bonchev–Trinajstić information content (AvgIpc) is 2.86. The molecule has 6 heteroatoms. The molecule has 112 valence electrons. The third-order valence-electron chi connectivity index (χ3n) is 3.72. The van der Waals surface area contributed by atoms with Gasteiger partial charge in [0.15, 0.2) is 5.13 Å². The van der Waals surface area contributed by atoms with Crippen LogP contribution in [0.5, 0.6) is 0 Å². The molecule has 1 saturated heterocycles. The van der Waals surface area contributed by atoms with Crippen molar-refractivity contribution < 1.29 is 9.90 Å². The monoisotopic (exact) mass is 297 g/mol. The van der Waals surface area contributed by atoms with Crippen LogP contribution in [0.2, 0.25) is 0 Å². The molecule has 20 heavy (non-hydrogen) atoms. The molecule has 2 N–H and O–H groups in total. The van der Waals surface area contributed by atoms with Crippen molar-refractivity contribution in [2.75, 3.05) is 25.0 Å². The smallest absolute Gasteiger partial charge is 0.323 e. The third-order valence-corrected chi connectivity index (χ3v) is 4.53. The molecule has 1 aliphatic heterocycles. The van der Waals surface area contributed by atoms with E-state index in [2.05, 4.69) is 17.2 Å². The Hall–Kier alpha value is -1.14. The highest BCUT2D eigenvalue weighted by Gasteiger charge is 2.32. The van der Waals surface area contributed by atoms with Crippen LogP contribution in [0, 0.1) is 5.41 Å². The molecule has 0 radical (unpaired) electrons. The highest BCUT2D eigenvalue weighted by Crippen LogP contribution is 2.29. The van der Waals surface area contributed by atoms with E-state index < -0.39 is 0 Å². The zero-order valence-electron chi connectivity index (χ0n) is 12.2. The van der Waals surface area contributed by atoms with Crippen LogP contribution in [0.15, 0.2) is 5.38 Å². The zero-order valence-corrected chi connectivity index (χ0v) is 13.0. The highest BCUT2D eigenvalue weighted by atomic mass is 32.1. The number of anilines is 1. The van der Waals surface area contributed by atoms with Crippen molar-refractivity contribution in [1.29, 1.82) is 0 Å². The number of carbonyl (C=O) groups is 1. The van der Waals surface area contributed by atoms with Crippen LogP contribution in [-0.2, 0) is 6.42 Å². The van der Waals surface area contributed by atoms with Crippen LogP contribution in [0.4, 0.5) is 9.93 Å². The van der Waals surface area contributed by atoms with Gasteiger partial charge in [0.2, 0.25) is 0 Å². The second-order valence-corrected chi connectivity index (χ2v) is 6.68. The van der Waals surface area contributed by atoms with Crippen molar-refractivity contribution in [2.45, 2.75) is 39.5 Å². The number of hydrogen-bond donors (Lipinski definition) is 2. The van der Waals surface area contributed by atoms with E-state index in [0.29, 0.717) is 11.7 Å². The van der Waals surface area contributed by atoms with Crippen LogP contribution in [0.25, 0.3) is 0 Å². The Morgan fingerprint density at radius 1 is 1.65 bits per heavy atom. The molecular formula is C14H23N3O2S. The van der Waals surface area contributed by atoms with E-state index in [9.17, 15) is 9.90 Å². The number of aliphatic hydroxyl groups excluding tert-OH is 1. The SMILES string of the molecule is CCCc1csc(NC(=O)N2CCCC(C)(CO)C2)n1. The van der Waals surface area contributed by atoms with Gasteiger partial charge < -0.3 is 10.0 Å². The van der Waals surface area contributed by atoms with Crippen molar-refractivity contribution in [3.63, 3.8) is 0 Å². The summed E-state index contributed by atoms with van der Waals surface area (Å²) in [6, 6.07) is -0.109. The largest absolute Gasteiger partial charge is 0.396 e. The van der Waals surface area contributed by atoms with Crippen molar-refractivity contribution in [1.82, 2.24) is 9.88 Å². The predicted molar refractivity (Wildman–Crippen MR) is 81.1 cm³/mol. The standard InChI is InChI=1S/C14H23N3O2S/c1-3-5-11-8-20-12(15-11)16-13(19)17-7-4-6-14(2,9-17)10-18/h8,18H,3-7,9-10H2,1-2H3,(H,15,16,19). The summed E-state index contributed by atoms with van der Waals surface area (Å²) in [4.78, 5) is 18.4. The molecule has 1 unspecified atom stereocenters. The number of nitrogens with one attached hydrogen (secondary N) is 1. The van der Waals surface area contributed by atoms with E-state index in [0.717, 1.165) is 37.9 Å². The number of amides is 2. The molecule has 1 fully saturated rings. The molecule has 0 aliphatic carbocycles. The Kier molecular flexibility index (Phi) is 4.99. The fourth-order valence-corrected chi connectivity index (χ4v) is 3.26. The summed E-state index contributed by atoms with van der Waals surface area (Å²) < 4.78 is 0. The molecular weight excluding hydrogens is 274 g/mol. The lowest BCUT2D eigenvalue weighted by atomic mass is 9.83. The van der Waals surface area contributed by atoms with Crippen molar-refractivity contribution >= 4 is 22.5 Å². The Balaban J connectivity index is 1.93. The first-order valence-electron chi connectivity index (χ1n) is 7.17. The minimum atomic E-state index is -0.175. The number of aryl methyl sites for hydroxylation is 1. The summed E-state index contributed by atoms with van der Waals surface area (Å²) in [7, 11) is 0. The maximum atomic E-state index is 12.2. The summed E-state index contributed by atoms with van der Waals surface area (Å²) in [5, 5.41) is 15.0. The normalized spacial score (nSPS) is 22.9. The molecule has 5 nitrogen and oxygen atoms in total. The summed E-state index contributed by atoms with van der Waals surface area (Å²) in [5.41, 5.74) is 0.859. The van der Waals surface area contributed by atoms with Gasteiger partial charge in [-0.15, -0.1) is 11.3 Å². The van der Waals surface area contributed by atoms with Gasteiger partial charge in [0.25, 0.3) is 0 Å². The molecule has 0 bridgehead atoms. The zero-order chi connectivity index (χ0) is 14.6. The number of carbonyl (C=O) groups excluding carboxylic acids is 1. The number of hydrogen-bond acceptors (Lipinski definition) is 4. The lowest BCUT2D eigenvalue weighted by Crippen LogP contribution is -2.47. The van der Waals surface area contributed by atoms with Gasteiger partial charge in [0.1, 0.15) is 0 Å². The Morgan fingerprint density at radius 3 is 3.15 bits per heavy atom. The van der Waals surface area contributed by atoms with Crippen LogP contribution in [-0.4, -0.2) is 40.7 Å². The number of aliphatic hydroxyl groups is 1. The molecule has 1 aromatic rings. The van der Waals surface area contributed by atoms with E-state index in [1.165, 1.54) is 11.3 Å². The predicted octanol–water partition coefficient (Wildman–Crippen LogP) is 2.72. The molecule has 0 saturated carbocycles. The van der Waals surface area contributed by atoms with Crippen LogP contribution in [0.3, 0.4) is 0 Å². The topological polar surface area (TPSA) is 65.5 Å². The van der Waals surface area contributed by atoms with Gasteiger partial charge in [-0.05, 0) is 19.3 Å². The molecule has 1 atom stereocenters. The molecule has 2 heterocycles. The lowest BCUT2D eigenvalue weighted by molar-refractivity contribution is 0.0648. The van der Waals surface area contributed by atoms with Gasteiger partial charge >= 0.3 is 6.03 Å².